The van der Waals surface area contributed by atoms with Crippen molar-refractivity contribution in [2.75, 3.05) is 25.1 Å². The van der Waals surface area contributed by atoms with E-state index in [0.717, 1.165) is 19.5 Å². The fourth-order valence-corrected chi connectivity index (χ4v) is 2.49. The van der Waals surface area contributed by atoms with Gasteiger partial charge in [0.1, 0.15) is 0 Å². The first kappa shape index (κ1) is 12.4. The van der Waals surface area contributed by atoms with Gasteiger partial charge in [-0.15, -0.1) is 0 Å². The number of methoxy groups -OCH3 is 1. The van der Waals surface area contributed by atoms with Gasteiger partial charge in [-0.3, -0.25) is 0 Å². The molecule has 0 amide bonds. The molecule has 17 heavy (non-hydrogen) atoms. The van der Waals surface area contributed by atoms with Crippen molar-refractivity contribution in [1.29, 1.82) is 0 Å². The Morgan fingerprint density at radius 2 is 2.29 bits per heavy atom. The number of nitrogens with zero attached hydrogens (tertiary/aromatic N) is 1. The Morgan fingerprint density at radius 3 is 3.00 bits per heavy atom. The van der Waals surface area contributed by atoms with Gasteiger partial charge in [-0.1, -0.05) is 12.1 Å². The molecule has 1 aliphatic rings. The SMILES string of the molecule is COC1CCCN(c2cc(C)ccc2CN)C1. The van der Waals surface area contributed by atoms with Gasteiger partial charge in [0.15, 0.2) is 0 Å². The minimum atomic E-state index is 0.356. The standard InChI is InChI=1S/C14H22N2O/c1-11-5-6-12(9-15)14(8-11)16-7-3-4-13(10-16)17-2/h5-6,8,13H,3-4,7,9-10,15H2,1-2H3. The van der Waals surface area contributed by atoms with Crippen molar-refractivity contribution < 1.29 is 4.74 Å². The summed E-state index contributed by atoms with van der Waals surface area (Å²) in [5.41, 5.74) is 9.62. The molecule has 3 heteroatoms. The van der Waals surface area contributed by atoms with Gasteiger partial charge in [-0.25, -0.2) is 0 Å². The normalized spacial score (nSPS) is 20.6. The van der Waals surface area contributed by atoms with Crippen LogP contribution < -0.4 is 10.6 Å². The van der Waals surface area contributed by atoms with Gasteiger partial charge in [0, 0.05) is 32.4 Å². The maximum Gasteiger partial charge on any atom is 0.0746 e. The fraction of sp³-hybridized carbons (Fsp3) is 0.571. The van der Waals surface area contributed by atoms with Crippen LogP contribution in [0, 0.1) is 6.92 Å². The third kappa shape index (κ3) is 2.79. The Morgan fingerprint density at radius 1 is 1.47 bits per heavy atom. The molecule has 1 saturated heterocycles. The third-order valence-electron chi connectivity index (χ3n) is 3.51. The summed E-state index contributed by atoms with van der Waals surface area (Å²) in [6, 6.07) is 6.50. The summed E-state index contributed by atoms with van der Waals surface area (Å²) in [5.74, 6) is 0. The fourth-order valence-electron chi connectivity index (χ4n) is 2.49. The van der Waals surface area contributed by atoms with Gasteiger partial charge in [-0.2, -0.15) is 0 Å². The number of benzene rings is 1. The number of aryl methyl sites for hydroxylation is 1. The van der Waals surface area contributed by atoms with E-state index in [1.165, 1.54) is 23.2 Å². The number of nitrogens with two attached hydrogens (primary N) is 1. The molecule has 3 nitrogen and oxygen atoms in total. The van der Waals surface area contributed by atoms with Crippen molar-refractivity contribution in [3.05, 3.63) is 29.3 Å². The summed E-state index contributed by atoms with van der Waals surface area (Å²) in [6.45, 7) is 4.81. The number of rotatable bonds is 3. The smallest absolute Gasteiger partial charge is 0.0746 e. The van der Waals surface area contributed by atoms with E-state index in [4.69, 9.17) is 10.5 Å². The van der Waals surface area contributed by atoms with Crippen LogP contribution in [0.2, 0.25) is 0 Å². The topological polar surface area (TPSA) is 38.5 Å². The molecule has 0 aromatic heterocycles. The van der Waals surface area contributed by atoms with E-state index in [0.29, 0.717) is 12.6 Å². The Balaban J connectivity index is 2.22. The van der Waals surface area contributed by atoms with Crippen LogP contribution in [0.1, 0.15) is 24.0 Å². The molecule has 94 valence electrons. The lowest BCUT2D eigenvalue weighted by Gasteiger charge is -2.35. The van der Waals surface area contributed by atoms with E-state index in [1.807, 2.05) is 0 Å². The largest absolute Gasteiger partial charge is 0.380 e. The van der Waals surface area contributed by atoms with Crippen LogP contribution in [-0.2, 0) is 11.3 Å². The first-order chi connectivity index (χ1) is 8.24. The van der Waals surface area contributed by atoms with Gasteiger partial charge in [-0.05, 0) is 37.0 Å². The van der Waals surface area contributed by atoms with Crippen LogP contribution in [0.5, 0.6) is 0 Å². The molecule has 0 spiro atoms. The maximum absolute atomic E-state index is 5.82. The van der Waals surface area contributed by atoms with Crippen LogP contribution in [0.25, 0.3) is 0 Å². The zero-order valence-corrected chi connectivity index (χ0v) is 10.8. The van der Waals surface area contributed by atoms with E-state index in [-0.39, 0.29) is 0 Å². The van der Waals surface area contributed by atoms with Crippen molar-refractivity contribution >= 4 is 5.69 Å². The van der Waals surface area contributed by atoms with E-state index < -0.39 is 0 Å². The minimum Gasteiger partial charge on any atom is -0.380 e. The van der Waals surface area contributed by atoms with Crippen LogP contribution >= 0.6 is 0 Å². The van der Waals surface area contributed by atoms with Gasteiger partial charge < -0.3 is 15.4 Å². The number of piperidine rings is 1. The molecule has 0 radical (unpaired) electrons. The van der Waals surface area contributed by atoms with Crippen LogP contribution in [0.4, 0.5) is 5.69 Å². The molecular weight excluding hydrogens is 212 g/mol. The summed E-state index contributed by atoms with van der Waals surface area (Å²) in [5, 5.41) is 0. The van der Waals surface area contributed by atoms with E-state index in [1.54, 1.807) is 7.11 Å². The van der Waals surface area contributed by atoms with Crippen LogP contribution in [0.3, 0.4) is 0 Å². The quantitative estimate of drug-likeness (QED) is 0.870. The van der Waals surface area contributed by atoms with Crippen molar-refractivity contribution in [3.8, 4) is 0 Å². The first-order valence-corrected chi connectivity index (χ1v) is 6.32. The predicted octanol–water partition coefficient (Wildman–Crippen LogP) is 2.07. The molecular formula is C14H22N2O. The predicted molar refractivity (Wildman–Crippen MR) is 71.3 cm³/mol. The molecule has 1 aromatic rings. The van der Waals surface area contributed by atoms with E-state index >= 15 is 0 Å². The van der Waals surface area contributed by atoms with Crippen molar-refractivity contribution in [3.63, 3.8) is 0 Å². The second kappa shape index (κ2) is 5.52. The first-order valence-electron chi connectivity index (χ1n) is 6.32. The molecule has 0 aliphatic carbocycles. The van der Waals surface area contributed by atoms with Crippen molar-refractivity contribution in [2.45, 2.75) is 32.4 Å². The minimum absolute atomic E-state index is 0.356. The molecule has 2 N–H and O–H groups in total. The highest BCUT2D eigenvalue weighted by molar-refractivity contribution is 5.55. The lowest BCUT2D eigenvalue weighted by Crippen LogP contribution is -2.39. The highest BCUT2D eigenvalue weighted by Crippen LogP contribution is 2.26. The number of hydrogen-bond donors (Lipinski definition) is 1. The van der Waals surface area contributed by atoms with Crippen molar-refractivity contribution in [2.24, 2.45) is 5.73 Å². The zero-order chi connectivity index (χ0) is 12.3. The molecule has 1 atom stereocenters. The van der Waals surface area contributed by atoms with E-state index in [9.17, 15) is 0 Å². The average Bonchev–Trinajstić information content (AvgIpc) is 2.39. The Labute approximate surface area is 104 Å². The summed E-state index contributed by atoms with van der Waals surface area (Å²) in [4.78, 5) is 2.41. The second-order valence-corrected chi connectivity index (χ2v) is 4.78. The van der Waals surface area contributed by atoms with Gasteiger partial charge >= 0.3 is 0 Å². The Kier molecular flexibility index (Phi) is 4.02. The van der Waals surface area contributed by atoms with Gasteiger partial charge in [0.25, 0.3) is 0 Å². The Bertz CT molecular complexity index is 378. The van der Waals surface area contributed by atoms with Crippen LogP contribution in [0.15, 0.2) is 18.2 Å². The van der Waals surface area contributed by atoms with E-state index in [2.05, 4.69) is 30.0 Å². The third-order valence-corrected chi connectivity index (χ3v) is 3.51. The molecule has 1 heterocycles. The van der Waals surface area contributed by atoms with Crippen LogP contribution in [-0.4, -0.2) is 26.3 Å². The summed E-state index contributed by atoms with van der Waals surface area (Å²) < 4.78 is 5.47. The lowest BCUT2D eigenvalue weighted by atomic mass is 10.0. The maximum atomic E-state index is 5.82. The second-order valence-electron chi connectivity index (χ2n) is 4.78. The zero-order valence-electron chi connectivity index (χ0n) is 10.8. The monoisotopic (exact) mass is 234 g/mol. The summed E-state index contributed by atoms with van der Waals surface area (Å²) >= 11 is 0. The number of anilines is 1. The van der Waals surface area contributed by atoms with Crippen molar-refractivity contribution in [1.82, 2.24) is 0 Å². The highest BCUT2D eigenvalue weighted by atomic mass is 16.5. The molecule has 0 bridgehead atoms. The number of ether oxygens (including phenoxy) is 1. The summed E-state index contributed by atoms with van der Waals surface area (Å²) in [6.07, 6.45) is 2.71. The molecule has 0 saturated carbocycles. The molecule has 1 aromatic carbocycles. The lowest BCUT2D eigenvalue weighted by molar-refractivity contribution is 0.0893. The Hall–Kier alpha value is -1.06. The average molecular weight is 234 g/mol. The molecule has 1 aliphatic heterocycles. The molecule has 2 rings (SSSR count). The highest BCUT2D eigenvalue weighted by Gasteiger charge is 2.21. The van der Waals surface area contributed by atoms with Gasteiger partial charge in [0.2, 0.25) is 0 Å². The number of hydrogen-bond acceptors (Lipinski definition) is 3. The molecule has 1 unspecified atom stereocenters. The van der Waals surface area contributed by atoms with Gasteiger partial charge in [0.05, 0.1) is 6.10 Å². The molecule has 1 fully saturated rings. The summed E-state index contributed by atoms with van der Waals surface area (Å²) in [7, 11) is 1.80.